The van der Waals surface area contributed by atoms with Crippen LogP contribution in [0.3, 0.4) is 0 Å². The van der Waals surface area contributed by atoms with E-state index in [1.54, 1.807) is 18.2 Å². The highest BCUT2D eigenvalue weighted by atomic mass is 19.1. The molecule has 2 aromatic rings. The third-order valence-electron chi connectivity index (χ3n) is 3.47. The lowest BCUT2D eigenvalue weighted by Crippen LogP contribution is -2.32. The minimum absolute atomic E-state index is 0.125. The summed E-state index contributed by atoms with van der Waals surface area (Å²) in [4.78, 5) is 23.7. The van der Waals surface area contributed by atoms with Gasteiger partial charge in [0.2, 0.25) is 11.8 Å². The molecule has 0 aliphatic heterocycles. The second-order valence-electron chi connectivity index (χ2n) is 5.42. The molecule has 2 aromatic carbocycles. The van der Waals surface area contributed by atoms with Crippen LogP contribution in [0.1, 0.15) is 16.7 Å². The van der Waals surface area contributed by atoms with Crippen LogP contribution in [0.25, 0.3) is 6.08 Å². The zero-order chi connectivity index (χ0) is 17.5. The van der Waals surface area contributed by atoms with Crippen molar-refractivity contribution in [1.29, 1.82) is 0 Å². The lowest BCUT2D eigenvalue weighted by molar-refractivity contribution is -0.121. The second kappa shape index (κ2) is 8.06. The molecule has 5 heteroatoms. The molecular weight excluding hydrogens is 307 g/mol. The normalized spacial score (nSPS) is 10.6. The Kier molecular flexibility index (Phi) is 5.84. The number of para-hydroxylation sites is 1. The van der Waals surface area contributed by atoms with Gasteiger partial charge in [0, 0.05) is 11.8 Å². The van der Waals surface area contributed by atoms with E-state index in [4.69, 9.17) is 0 Å². The Labute approximate surface area is 140 Å². The van der Waals surface area contributed by atoms with E-state index >= 15 is 0 Å². The molecule has 0 radical (unpaired) electrons. The lowest BCUT2D eigenvalue weighted by Gasteiger charge is -2.11. The highest BCUT2D eigenvalue weighted by Crippen LogP contribution is 2.18. The number of halogens is 1. The van der Waals surface area contributed by atoms with Crippen LogP contribution in [0.15, 0.2) is 48.5 Å². The summed E-state index contributed by atoms with van der Waals surface area (Å²) in [5, 5.41) is 5.31. The van der Waals surface area contributed by atoms with Crippen molar-refractivity contribution in [2.45, 2.75) is 13.8 Å². The van der Waals surface area contributed by atoms with Crippen LogP contribution in [-0.2, 0) is 9.59 Å². The molecule has 0 aliphatic carbocycles. The third kappa shape index (κ3) is 5.05. The van der Waals surface area contributed by atoms with Crippen LogP contribution in [-0.4, -0.2) is 18.4 Å². The Morgan fingerprint density at radius 1 is 1.04 bits per heavy atom. The molecule has 0 unspecified atom stereocenters. The van der Waals surface area contributed by atoms with Crippen LogP contribution in [0.4, 0.5) is 10.1 Å². The van der Waals surface area contributed by atoms with Gasteiger partial charge in [-0.25, -0.2) is 4.39 Å². The van der Waals surface area contributed by atoms with Crippen LogP contribution in [0.5, 0.6) is 0 Å². The van der Waals surface area contributed by atoms with E-state index in [0.29, 0.717) is 5.56 Å². The average molecular weight is 326 g/mol. The van der Waals surface area contributed by atoms with Gasteiger partial charge in [-0.05, 0) is 48.7 Å². The van der Waals surface area contributed by atoms with Gasteiger partial charge in [-0.3, -0.25) is 9.59 Å². The molecular formula is C19H19FN2O2. The Balaban J connectivity index is 1.85. The van der Waals surface area contributed by atoms with Crippen molar-refractivity contribution < 1.29 is 14.0 Å². The van der Waals surface area contributed by atoms with Crippen molar-refractivity contribution in [3.05, 3.63) is 71.0 Å². The minimum atomic E-state index is -0.393. The molecule has 0 aliphatic rings. The fourth-order valence-electron chi connectivity index (χ4n) is 2.17. The number of hydrogen-bond acceptors (Lipinski definition) is 2. The van der Waals surface area contributed by atoms with Crippen molar-refractivity contribution >= 4 is 23.6 Å². The summed E-state index contributed by atoms with van der Waals surface area (Å²) in [7, 11) is 0. The minimum Gasteiger partial charge on any atom is -0.343 e. The van der Waals surface area contributed by atoms with Crippen LogP contribution >= 0.6 is 0 Å². The molecule has 0 spiro atoms. The predicted octanol–water partition coefficient (Wildman–Crippen LogP) is 3.21. The number of aryl methyl sites for hydroxylation is 2. The maximum absolute atomic E-state index is 12.8. The van der Waals surface area contributed by atoms with Gasteiger partial charge in [0.05, 0.1) is 6.54 Å². The number of hydrogen-bond donors (Lipinski definition) is 2. The largest absolute Gasteiger partial charge is 0.343 e. The molecule has 2 rings (SSSR count). The number of carbonyl (C=O) groups excluding carboxylic acids is 2. The number of amides is 2. The van der Waals surface area contributed by atoms with Gasteiger partial charge in [0.15, 0.2) is 0 Å². The van der Waals surface area contributed by atoms with E-state index in [1.807, 2.05) is 32.0 Å². The monoisotopic (exact) mass is 326 g/mol. The molecule has 124 valence electrons. The Hall–Kier alpha value is -2.95. The number of nitrogens with one attached hydrogen (secondary N) is 2. The summed E-state index contributed by atoms with van der Waals surface area (Å²) >= 11 is 0. The average Bonchev–Trinajstić information content (AvgIpc) is 2.56. The SMILES string of the molecule is Cc1cccc(C)c1NC(=O)CNC(=O)/C=C/c1ccc(F)cc1. The molecule has 0 bridgehead atoms. The fraction of sp³-hybridized carbons (Fsp3) is 0.158. The maximum Gasteiger partial charge on any atom is 0.244 e. The smallest absolute Gasteiger partial charge is 0.244 e. The molecule has 2 amide bonds. The highest BCUT2D eigenvalue weighted by Gasteiger charge is 2.07. The maximum atomic E-state index is 12.8. The van der Waals surface area contributed by atoms with Gasteiger partial charge >= 0.3 is 0 Å². The van der Waals surface area contributed by atoms with Gasteiger partial charge in [-0.1, -0.05) is 30.3 Å². The van der Waals surface area contributed by atoms with Crippen molar-refractivity contribution in [2.24, 2.45) is 0 Å². The Bertz CT molecular complexity index is 747. The number of rotatable bonds is 5. The topological polar surface area (TPSA) is 58.2 Å². The molecule has 0 saturated heterocycles. The first-order valence-corrected chi connectivity index (χ1v) is 7.53. The van der Waals surface area contributed by atoms with E-state index in [2.05, 4.69) is 10.6 Å². The first-order chi connectivity index (χ1) is 11.5. The van der Waals surface area contributed by atoms with Gasteiger partial charge in [-0.15, -0.1) is 0 Å². The van der Waals surface area contributed by atoms with E-state index in [9.17, 15) is 14.0 Å². The molecule has 0 aromatic heterocycles. The van der Waals surface area contributed by atoms with Crippen molar-refractivity contribution in [2.75, 3.05) is 11.9 Å². The van der Waals surface area contributed by atoms with Gasteiger partial charge in [0.25, 0.3) is 0 Å². The quantitative estimate of drug-likeness (QED) is 0.829. The Morgan fingerprint density at radius 2 is 1.67 bits per heavy atom. The second-order valence-corrected chi connectivity index (χ2v) is 5.42. The zero-order valence-electron chi connectivity index (χ0n) is 13.6. The Morgan fingerprint density at radius 3 is 2.29 bits per heavy atom. The standard InChI is InChI=1S/C19H19FN2O2/c1-13-4-3-5-14(2)19(13)22-18(24)12-21-17(23)11-8-15-6-9-16(20)10-7-15/h3-11H,12H2,1-2H3,(H,21,23)(H,22,24)/b11-8+. The number of anilines is 1. The lowest BCUT2D eigenvalue weighted by atomic mass is 10.1. The molecule has 4 nitrogen and oxygen atoms in total. The molecule has 0 saturated carbocycles. The van der Waals surface area contributed by atoms with Crippen LogP contribution < -0.4 is 10.6 Å². The van der Waals surface area contributed by atoms with Crippen LogP contribution in [0.2, 0.25) is 0 Å². The molecule has 0 heterocycles. The van der Waals surface area contributed by atoms with Gasteiger partial charge < -0.3 is 10.6 Å². The van der Waals surface area contributed by atoms with Crippen LogP contribution in [0, 0.1) is 19.7 Å². The van der Waals surface area contributed by atoms with E-state index in [0.717, 1.165) is 16.8 Å². The van der Waals surface area contributed by atoms with Crippen molar-refractivity contribution in [1.82, 2.24) is 5.32 Å². The predicted molar refractivity (Wildman–Crippen MR) is 93.0 cm³/mol. The van der Waals surface area contributed by atoms with E-state index in [1.165, 1.54) is 18.2 Å². The van der Waals surface area contributed by atoms with Gasteiger partial charge in [-0.2, -0.15) is 0 Å². The summed E-state index contributed by atoms with van der Waals surface area (Å²) in [6.07, 6.45) is 2.86. The summed E-state index contributed by atoms with van der Waals surface area (Å²) in [5.41, 5.74) is 3.39. The zero-order valence-corrected chi connectivity index (χ0v) is 13.6. The van der Waals surface area contributed by atoms with Gasteiger partial charge in [0.1, 0.15) is 5.82 Å². The first-order valence-electron chi connectivity index (χ1n) is 7.53. The van der Waals surface area contributed by atoms with E-state index in [-0.39, 0.29) is 18.3 Å². The van der Waals surface area contributed by atoms with Crippen molar-refractivity contribution in [3.8, 4) is 0 Å². The summed E-state index contributed by atoms with van der Waals surface area (Å²) in [6, 6.07) is 11.5. The highest BCUT2D eigenvalue weighted by molar-refractivity contribution is 5.98. The van der Waals surface area contributed by atoms with Crippen molar-refractivity contribution in [3.63, 3.8) is 0 Å². The summed E-state index contributed by atoms with van der Waals surface area (Å²) in [6.45, 7) is 3.69. The molecule has 0 fully saturated rings. The van der Waals surface area contributed by atoms with E-state index < -0.39 is 5.91 Å². The number of carbonyl (C=O) groups is 2. The fourth-order valence-corrected chi connectivity index (χ4v) is 2.17. The molecule has 24 heavy (non-hydrogen) atoms. The molecule has 2 N–H and O–H groups in total. The first kappa shape index (κ1) is 17.4. The summed E-state index contributed by atoms with van der Waals surface area (Å²) < 4.78 is 12.8. The third-order valence-corrected chi connectivity index (χ3v) is 3.47. The number of benzene rings is 2. The molecule has 0 atom stereocenters. The summed E-state index contributed by atoms with van der Waals surface area (Å²) in [5.74, 6) is -1.02.